The van der Waals surface area contributed by atoms with Crippen LogP contribution in [0.15, 0.2) is 48.5 Å². The van der Waals surface area contributed by atoms with Crippen LogP contribution in [0.1, 0.15) is 23.1 Å². The Morgan fingerprint density at radius 3 is 2.48 bits per heavy atom. The standard InChI is InChI=1S/C24H29N3O2/c1-18-6-5-9-22(14-18)25-10-12-26(13-11-25)24(29)21-15-23(28)27(17-21)16-20-8-4-3-7-19(20)2/h3-9,14,21H,10-13,15-17H2,1-2H3. The van der Waals surface area contributed by atoms with Crippen molar-refractivity contribution in [3.8, 4) is 0 Å². The predicted molar refractivity (Wildman–Crippen MR) is 115 cm³/mol. The van der Waals surface area contributed by atoms with Crippen LogP contribution in [0.2, 0.25) is 0 Å². The second kappa shape index (κ2) is 8.27. The van der Waals surface area contributed by atoms with E-state index in [-0.39, 0.29) is 17.7 Å². The van der Waals surface area contributed by atoms with Gasteiger partial charge < -0.3 is 14.7 Å². The molecule has 1 atom stereocenters. The maximum absolute atomic E-state index is 13.0. The number of anilines is 1. The summed E-state index contributed by atoms with van der Waals surface area (Å²) in [5, 5.41) is 0. The normalized spacial score (nSPS) is 19.7. The van der Waals surface area contributed by atoms with E-state index in [4.69, 9.17) is 0 Å². The largest absolute Gasteiger partial charge is 0.368 e. The summed E-state index contributed by atoms with van der Waals surface area (Å²) in [4.78, 5) is 31.7. The van der Waals surface area contributed by atoms with E-state index >= 15 is 0 Å². The first-order valence-electron chi connectivity index (χ1n) is 10.4. The molecule has 2 aliphatic heterocycles. The van der Waals surface area contributed by atoms with Crippen molar-refractivity contribution in [1.82, 2.24) is 9.80 Å². The minimum absolute atomic E-state index is 0.0880. The minimum atomic E-state index is -0.211. The van der Waals surface area contributed by atoms with Crippen LogP contribution >= 0.6 is 0 Å². The molecule has 0 bridgehead atoms. The third-order valence-electron chi connectivity index (χ3n) is 6.14. The van der Waals surface area contributed by atoms with Gasteiger partial charge in [-0.3, -0.25) is 9.59 Å². The molecule has 1 unspecified atom stereocenters. The lowest BCUT2D eigenvalue weighted by atomic mass is 10.1. The Balaban J connectivity index is 1.33. The quantitative estimate of drug-likeness (QED) is 0.805. The van der Waals surface area contributed by atoms with Gasteiger partial charge in [-0.1, -0.05) is 36.4 Å². The van der Waals surface area contributed by atoms with Gasteiger partial charge in [-0.15, -0.1) is 0 Å². The highest BCUT2D eigenvalue weighted by molar-refractivity contribution is 5.89. The number of benzene rings is 2. The smallest absolute Gasteiger partial charge is 0.228 e. The second-order valence-electron chi connectivity index (χ2n) is 8.25. The molecule has 2 saturated heterocycles. The fourth-order valence-corrected chi connectivity index (χ4v) is 4.35. The SMILES string of the molecule is Cc1cccc(N2CCN(C(=O)C3CC(=O)N(Cc4ccccc4C)C3)CC2)c1. The Morgan fingerprint density at radius 1 is 1.00 bits per heavy atom. The number of amides is 2. The molecule has 29 heavy (non-hydrogen) atoms. The van der Waals surface area contributed by atoms with Crippen LogP contribution in [0.5, 0.6) is 0 Å². The van der Waals surface area contributed by atoms with Crippen LogP contribution in [0.25, 0.3) is 0 Å². The zero-order valence-electron chi connectivity index (χ0n) is 17.3. The van der Waals surface area contributed by atoms with Gasteiger partial charge in [0.15, 0.2) is 0 Å². The molecule has 2 aromatic rings. The van der Waals surface area contributed by atoms with Crippen molar-refractivity contribution in [1.29, 1.82) is 0 Å². The lowest BCUT2D eigenvalue weighted by molar-refractivity contribution is -0.136. The topological polar surface area (TPSA) is 43.9 Å². The molecule has 0 aliphatic carbocycles. The summed E-state index contributed by atoms with van der Waals surface area (Å²) in [6.07, 6.45) is 0.336. The Kier molecular flexibility index (Phi) is 5.56. The van der Waals surface area contributed by atoms with Gasteiger partial charge >= 0.3 is 0 Å². The van der Waals surface area contributed by atoms with Crippen molar-refractivity contribution < 1.29 is 9.59 Å². The maximum Gasteiger partial charge on any atom is 0.228 e. The van der Waals surface area contributed by atoms with Crippen molar-refractivity contribution in [2.24, 2.45) is 5.92 Å². The second-order valence-corrected chi connectivity index (χ2v) is 8.25. The van der Waals surface area contributed by atoms with Gasteiger partial charge in [-0.05, 0) is 42.7 Å². The lowest BCUT2D eigenvalue weighted by Crippen LogP contribution is -2.50. The fraction of sp³-hybridized carbons (Fsp3) is 0.417. The van der Waals surface area contributed by atoms with Crippen LogP contribution in [-0.2, 0) is 16.1 Å². The first-order valence-corrected chi connectivity index (χ1v) is 10.4. The molecule has 2 fully saturated rings. The van der Waals surface area contributed by atoms with Gasteiger partial charge in [0, 0.05) is 51.4 Å². The van der Waals surface area contributed by atoms with Gasteiger partial charge in [0.05, 0.1) is 5.92 Å². The monoisotopic (exact) mass is 391 g/mol. The maximum atomic E-state index is 13.0. The summed E-state index contributed by atoms with van der Waals surface area (Å²) in [6, 6.07) is 16.6. The number of carbonyl (C=O) groups is 2. The summed E-state index contributed by atoms with van der Waals surface area (Å²) >= 11 is 0. The average molecular weight is 392 g/mol. The highest BCUT2D eigenvalue weighted by Crippen LogP contribution is 2.24. The molecule has 2 amide bonds. The first kappa shape index (κ1) is 19.5. The number of rotatable bonds is 4. The molecule has 0 saturated carbocycles. The van der Waals surface area contributed by atoms with Gasteiger partial charge in [-0.2, -0.15) is 0 Å². The zero-order chi connectivity index (χ0) is 20.4. The van der Waals surface area contributed by atoms with E-state index in [1.807, 2.05) is 21.9 Å². The van der Waals surface area contributed by atoms with Crippen molar-refractivity contribution in [3.05, 3.63) is 65.2 Å². The molecule has 4 rings (SSSR count). The van der Waals surface area contributed by atoms with E-state index in [0.29, 0.717) is 19.5 Å². The van der Waals surface area contributed by atoms with Crippen molar-refractivity contribution in [2.45, 2.75) is 26.8 Å². The van der Waals surface area contributed by atoms with E-state index in [9.17, 15) is 9.59 Å². The van der Waals surface area contributed by atoms with E-state index < -0.39 is 0 Å². The number of hydrogen-bond donors (Lipinski definition) is 0. The summed E-state index contributed by atoms with van der Waals surface area (Å²) in [6.45, 7) is 8.39. The number of carbonyl (C=O) groups excluding carboxylic acids is 2. The average Bonchev–Trinajstić information content (AvgIpc) is 3.09. The number of piperazine rings is 1. The third kappa shape index (κ3) is 4.29. The Labute approximate surface area is 172 Å². The molecule has 5 nitrogen and oxygen atoms in total. The van der Waals surface area contributed by atoms with E-state index in [1.54, 1.807) is 0 Å². The first-order chi connectivity index (χ1) is 14.0. The zero-order valence-corrected chi connectivity index (χ0v) is 17.3. The minimum Gasteiger partial charge on any atom is -0.368 e. The van der Waals surface area contributed by atoms with Crippen LogP contribution < -0.4 is 4.90 Å². The molecule has 0 radical (unpaired) electrons. The van der Waals surface area contributed by atoms with Crippen molar-refractivity contribution in [3.63, 3.8) is 0 Å². The number of hydrogen-bond acceptors (Lipinski definition) is 3. The molecule has 0 spiro atoms. The fourth-order valence-electron chi connectivity index (χ4n) is 4.35. The number of aryl methyl sites for hydroxylation is 2. The molecular formula is C24H29N3O2. The highest BCUT2D eigenvalue weighted by Gasteiger charge is 2.37. The Morgan fingerprint density at radius 2 is 1.76 bits per heavy atom. The van der Waals surface area contributed by atoms with E-state index in [1.165, 1.54) is 16.8 Å². The summed E-state index contributed by atoms with van der Waals surface area (Å²) in [7, 11) is 0. The highest BCUT2D eigenvalue weighted by atomic mass is 16.2. The molecular weight excluding hydrogens is 362 g/mol. The summed E-state index contributed by atoms with van der Waals surface area (Å²) in [5.74, 6) is 0.0107. The summed E-state index contributed by atoms with van der Waals surface area (Å²) < 4.78 is 0. The van der Waals surface area contributed by atoms with Crippen LogP contribution in [0.4, 0.5) is 5.69 Å². The van der Waals surface area contributed by atoms with Crippen LogP contribution in [0, 0.1) is 19.8 Å². The predicted octanol–water partition coefficient (Wildman–Crippen LogP) is 3.00. The molecule has 2 aliphatic rings. The number of likely N-dealkylation sites (tertiary alicyclic amines) is 1. The Bertz CT molecular complexity index is 903. The molecule has 0 N–H and O–H groups in total. The lowest BCUT2D eigenvalue weighted by Gasteiger charge is -2.37. The van der Waals surface area contributed by atoms with E-state index in [0.717, 1.165) is 31.7 Å². The van der Waals surface area contributed by atoms with Crippen molar-refractivity contribution >= 4 is 17.5 Å². The third-order valence-corrected chi connectivity index (χ3v) is 6.14. The van der Waals surface area contributed by atoms with Crippen LogP contribution in [-0.4, -0.2) is 54.3 Å². The van der Waals surface area contributed by atoms with E-state index in [2.05, 4.69) is 55.1 Å². The molecule has 0 aromatic heterocycles. The van der Waals surface area contributed by atoms with Gasteiger partial charge in [-0.25, -0.2) is 0 Å². The molecule has 2 aromatic carbocycles. The van der Waals surface area contributed by atoms with Gasteiger partial charge in [0.2, 0.25) is 11.8 Å². The summed E-state index contributed by atoms with van der Waals surface area (Å²) in [5.41, 5.74) is 4.81. The molecule has 2 heterocycles. The van der Waals surface area contributed by atoms with Gasteiger partial charge in [0.1, 0.15) is 0 Å². The molecule has 152 valence electrons. The van der Waals surface area contributed by atoms with Crippen molar-refractivity contribution in [2.75, 3.05) is 37.6 Å². The Hall–Kier alpha value is -2.82. The molecule has 5 heteroatoms. The van der Waals surface area contributed by atoms with Crippen LogP contribution in [0.3, 0.4) is 0 Å². The number of nitrogens with zero attached hydrogens (tertiary/aromatic N) is 3. The van der Waals surface area contributed by atoms with Gasteiger partial charge in [0.25, 0.3) is 0 Å².